The van der Waals surface area contributed by atoms with Gasteiger partial charge in [0.15, 0.2) is 0 Å². The summed E-state index contributed by atoms with van der Waals surface area (Å²) in [6, 6.07) is 5.38. The van der Waals surface area contributed by atoms with Gasteiger partial charge in [-0.15, -0.1) is 0 Å². The molecule has 0 unspecified atom stereocenters. The molecular formula is C13H10ClFN2O2. The fourth-order valence-electron chi connectivity index (χ4n) is 1.51. The lowest BCUT2D eigenvalue weighted by molar-refractivity contribution is 0.0950. The molecule has 0 radical (unpaired) electrons. The molecule has 2 N–H and O–H groups in total. The normalized spacial score (nSPS) is 10.2. The van der Waals surface area contributed by atoms with E-state index in [-0.39, 0.29) is 23.4 Å². The number of benzene rings is 1. The third kappa shape index (κ3) is 3.42. The van der Waals surface area contributed by atoms with Gasteiger partial charge in [0, 0.05) is 23.3 Å². The fourth-order valence-corrected chi connectivity index (χ4v) is 1.70. The molecule has 0 atom stereocenters. The number of pyridine rings is 1. The van der Waals surface area contributed by atoms with Gasteiger partial charge in [0.25, 0.3) is 5.91 Å². The number of nitrogens with zero attached hydrogens (tertiary/aromatic N) is 1. The Bertz CT molecular complexity index is 619. The van der Waals surface area contributed by atoms with E-state index in [1.165, 1.54) is 36.7 Å². The van der Waals surface area contributed by atoms with Crippen LogP contribution in [0.5, 0.6) is 5.75 Å². The van der Waals surface area contributed by atoms with Crippen LogP contribution in [0.4, 0.5) is 4.39 Å². The maximum atomic E-state index is 13.4. The van der Waals surface area contributed by atoms with Crippen LogP contribution in [0.15, 0.2) is 36.7 Å². The molecule has 0 spiro atoms. The Balaban J connectivity index is 2.06. The molecule has 1 amide bonds. The van der Waals surface area contributed by atoms with E-state index in [1.54, 1.807) is 0 Å². The van der Waals surface area contributed by atoms with Crippen LogP contribution in [-0.4, -0.2) is 16.0 Å². The van der Waals surface area contributed by atoms with Gasteiger partial charge in [-0.05, 0) is 24.3 Å². The van der Waals surface area contributed by atoms with Crippen molar-refractivity contribution in [1.29, 1.82) is 0 Å². The minimum Gasteiger partial charge on any atom is -0.506 e. The average Bonchev–Trinajstić information content (AvgIpc) is 2.39. The first-order valence-electron chi connectivity index (χ1n) is 5.42. The maximum Gasteiger partial charge on any atom is 0.253 e. The van der Waals surface area contributed by atoms with Crippen LogP contribution in [-0.2, 0) is 6.54 Å². The quantitative estimate of drug-likeness (QED) is 0.908. The Labute approximate surface area is 113 Å². The molecule has 2 aromatic rings. The van der Waals surface area contributed by atoms with Crippen LogP contribution in [0.2, 0.25) is 5.02 Å². The highest BCUT2D eigenvalue weighted by molar-refractivity contribution is 6.30. The molecule has 0 aliphatic heterocycles. The summed E-state index contributed by atoms with van der Waals surface area (Å²) in [4.78, 5) is 15.4. The maximum absolute atomic E-state index is 13.4. The summed E-state index contributed by atoms with van der Waals surface area (Å²) >= 11 is 5.75. The molecule has 0 aliphatic carbocycles. The highest BCUT2D eigenvalue weighted by atomic mass is 35.5. The van der Waals surface area contributed by atoms with Crippen molar-refractivity contribution in [2.45, 2.75) is 6.54 Å². The number of carbonyl (C=O) groups is 1. The summed E-state index contributed by atoms with van der Waals surface area (Å²) in [6.45, 7) is 0.000876. The van der Waals surface area contributed by atoms with Gasteiger partial charge in [0.2, 0.25) is 0 Å². The zero-order valence-corrected chi connectivity index (χ0v) is 10.5. The number of rotatable bonds is 3. The van der Waals surface area contributed by atoms with Crippen LogP contribution in [0.25, 0.3) is 0 Å². The Hall–Kier alpha value is -2.14. The summed E-state index contributed by atoms with van der Waals surface area (Å²) in [7, 11) is 0. The molecule has 1 aromatic carbocycles. The molecule has 1 aromatic heterocycles. The molecular weight excluding hydrogens is 271 g/mol. The van der Waals surface area contributed by atoms with Gasteiger partial charge in [-0.3, -0.25) is 9.78 Å². The summed E-state index contributed by atoms with van der Waals surface area (Å²) in [5, 5.41) is 12.1. The summed E-state index contributed by atoms with van der Waals surface area (Å²) in [5.41, 5.74) is 0.483. The summed E-state index contributed by atoms with van der Waals surface area (Å²) in [6.07, 6.45) is 2.52. The molecule has 0 fully saturated rings. The minimum atomic E-state index is -0.456. The SMILES string of the molecule is O=C(NCc1cc(Cl)ccc1F)c1cncc(O)c1. The van der Waals surface area contributed by atoms with Crippen molar-refractivity contribution >= 4 is 17.5 Å². The summed E-state index contributed by atoms with van der Waals surface area (Å²) < 4.78 is 13.4. The van der Waals surface area contributed by atoms with Crippen molar-refractivity contribution < 1.29 is 14.3 Å². The summed E-state index contributed by atoms with van der Waals surface area (Å²) in [5.74, 6) is -1.01. The molecule has 4 nitrogen and oxygen atoms in total. The lowest BCUT2D eigenvalue weighted by Gasteiger charge is -2.07. The second-order valence-electron chi connectivity index (χ2n) is 3.85. The molecule has 0 bridgehead atoms. The molecule has 2 rings (SSSR count). The van der Waals surface area contributed by atoms with Crippen molar-refractivity contribution in [3.05, 3.63) is 58.6 Å². The first kappa shape index (κ1) is 13.3. The van der Waals surface area contributed by atoms with E-state index >= 15 is 0 Å². The van der Waals surface area contributed by atoms with Gasteiger partial charge >= 0.3 is 0 Å². The van der Waals surface area contributed by atoms with Gasteiger partial charge in [-0.1, -0.05) is 11.6 Å². The van der Waals surface area contributed by atoms with E-state index in [0.29, 0.717) is 5.02 Å². The third-order valence-corrected chi connectivity index (χ3v) is 2.67. The molecule has 98 valence electrons. The van der Waals surface area contributed by atoms with E-state index in [4.69, 9.17) is 11.6 Å². The van der Waals surface area contributed by atoms with Gasteiger partial charge < -0.3 is 10.4 Å². The van der Waals surface area contributed by atoms with Crippen molar-refractivity contribution in [2.75, 3.05) is 0 Å². The number of carbonyl (C=O) groups excluding carboxylic acids is 1. The standard InChI is InChI=1S/C13H10ClFN2O2/c14-10-1-2-12(15)8(3-10)6-17-13(19)9-4-11(18)7-16-5-9/h1-5,7,18H,6H2,(H,17,19). The zero-order chi connectivity index (χ0) is 13.8. The Morgan fingerprint density at radius 3 is 2.89 bits per heavy atom. The first-order chi connectivity index (χ1) is 9.06. The highest BCUT2D eigenvalue weighted by Gasteiger charge is 2.09. The smallest absolute Gasteiger partial charge is 0.253 e. The molecule has 1 heterocycles. The number of halogens is 2. The number of aromatic hydroxyl groups is 1. The minimum absolute atomic E-state index is 0.000876. The van der Waals surface area contributed by atoms with Gasteiger partial charge in [0.1, 0.15) is 11.6 Å². The molecule has 0 saturated carbocycles. The van der Waals surface area contributed by atoms with E-state index in [9.17, 15) is 14.3 Å². The Morgan fingerprint density at radius 1 is 1.37 bits per heavy atom. The fraction of sp³-hybridized carbons (Fsp3) is 0.0769. The topological polar surface area (TPSA) is 62.2 Å². The van der Waals surface area contributed by atoms with E-state index in [0.717, 1.165) is 0 Å². The van der Waals surface area contributed by atoms with Crippen LogP contribution in [0.1, 0.15) is 15.9 Å². The second kappa shape index (κ2) is 5.67. The number of aromatic nitrogens is 1. The third-order valence-electron chi connectivity index (χ3n) is 2.43. The van der Waals surface area contributed by atoms with Crippen molar-refractivity contribution in [2.24, 2.45) is 0 Å². The zero-order valence-electron chi connectivity index (χ0n) is 9.73. The van der Waals surface area contributed by atoms with Crippen molar-refractivity contribution in [3.8, 4) is 5.75 Å². The number of hydrogen-bond acceptors (Lipinski definition) is 3. The van der Waals surface area contributed by atoms with Crippen molar-refractivity contribution in [3.63, 3.8) is 0 Å². The number of nitrogens with one attached hydrogen (secondary N) is 1. The largest absolute Gasteiger partial charge is 0.506 e. The highest BCUT2D eigenvalue weighted by Crippen LogP contribution is 2.15. The number of hydrogen-bond donors (Lipinski definition) is 2. The predicted octanol–water partition coefficient (Wildman–Crippen LogP) is 2.51. The molecule has 0 saturated heterocycles. The second-order valence-corrected chi connectivity index (χ2v) is 4.29. The molecule has 0 aliphatic rings. The lowest BCUT2D eigenvalue weighted by atomic mass is 10.2. The molecule has 19 heavy (non-hydrogen) atoms. The molecule has 6 heteroatoms. The van der Waals surface area contributed by atoms with Crippen LogP contribution in [0.3, 0.4) is 0 Å². The van der Waals surface area contributed by atoms with Crippen molar-refractivity contribution in [1.82, 2.24) is 10.3 Å². The van der Waals surface area contributed by atoms with E-state index in [1.807, 2.05) is 0 Å². The van der Waals surface area contributed by atoms with Gasteiger partial charge in [-0.25, -0.2) is 4.39 Å². The van der Waals surface area contributed by atoms with E-state index in [2.05, 4.69) is 10.3 Å². The first-order valence-corrected chi connectivity index (χ1v) is 5.80. The Kier molecular flexibility index (Phi) is 3.97. The van der Waals surface area contributed by atoms with Crippen LogP contribution in [0, 0.1) is 5.82 Å². The predicted molar refractivity (Wildman–Crippen MR) is 68.5 cm³/mol. The van der Waals surface area contributed by atoms with E-state index < -0.39 is 11.7 Å². The monoisotopic (exact) mass is 280 g/mol. The average molecular weight is 281 g/mol. The van der Waals surface area contributed by atoms with Gasteiger partial charge in [-0.2, -0.15) is 0 Å². The van der Waals surface area contributed by atoms with Gasteiger partial charge in [0.05, 0.1) is 11.8 Å². The van der Waals surface area contributed by atoms with Crippen LogP contribution < -0.4 is 5.32 Å². The lowest BCUT2D eigenvalue weighted by Crippen LogP contribution is -2.23. The Morgan fingerprint density at radius 2 is 2.16 bits per heavy atom. The van der Waals surface area contributed by atoms with Crippen LogP contribution >= 0.6 is 11.6 Å². The number of amides is 1.